The molecule has 1 aliphatic rings. The SMILES string of the molecule is NC(CNc1cncc(Br)c1)C1CC1. The molecule has 0 amide bonds. The normalized spacial score (nSPS) is 17.9. The highest BCUT2D eigenvalue weighted by atomic mass is 79.9. The Morgan fingerprint density at radius 3 is 3.00 bits per heavy atom. The summed E-state index contributed by atoms with van der Waals surface area (Å²) in [4.78, 5) is 4.07. The smallest absolute Gasteiger partial charge is 0.0538 e. The van der Waals surface area contributed by atoms with Gasteiger partial charge in [-0.25, -0.2) is 0 Å². The maximum absolute atomic E-state index is 5.97. The molecule has 76 valence electrons. The van der Waals surface area contributed by atoms with Gasteiger partial charge in [-0.2, -0.15) is 0 Å². The van der Waals surface area contributed by atoms with E-state index in [4.69, 9.17) is 5.73 Å². The van der Waals surface area contributed by atoms with Gasteiger partial charge in [0.2, 0.25) is 0 Å². The van der Waals surface area contributed by atoms with Gasteiger partial charge in [0.1, 0.15) is 0 Å². The number of hydrogen-bond acceptors (Lipinski definition) is 3. The molecule has 1 saturated carbocycles. The Morgan fingerprint density at radius 2 is 2.36 bits per heavy atom. The third kappa shape index (κ3) is 2.69. The molecule has 1 fully saturated rings. The van der Waals surface area contributed by atoms with E-state index < -0.39 is 0 Å². The molecule has 1 aliphatic carbocycles. The van der Waals surface area contributed by atoms with E-state index in [9.17, 15) is 0 Å². The van der Waals surface area contributed by atoms with E-state index in [1.54, 1.807) is 6.20 Å². The van der Waals surface area contributed by atoms with Crippen LogP contribution in [0.15, 0.2) is 22.9 Å². The molecule has 3 nitrogen and oxygen atoms in total. The summed E-state index contributed by atoms with van der Waals surface area (Å²) in [5.41, 5.74) is 6.99. The molecule has 0 radical (unpaired) electrons. The standard InChI is InChI=1S/C10H14BrN3/c11-8-3-9(5-13-4-8)14-6-10(12)7-1-2-7/h3-5,7,10,14H,1-2,6,12H2. The predicted molar refractivity (Wildman–Crippen MR) is 61.1 cm³/mol. The van der Waals surface area contributed by atoms with Crippen LogP contribution in [-0.2, 0) is 0 Å². The molecule has 0 aromatic carbocycles. The van der Waals surface area contributed by atoms with Gasteiger partial charge in [0.05, 0.1) is 11.9 Å². The maximum atomic E-state index is 5.97. The Kier molecular flexibility index (Phi) is 3.03. The van der Waals surface area contributed by atoms with Crippen molar-refractivity contribution < 1.29 is 0 Å². The predicted octanol–water partition coefficient (Wildman–Crippen LogP) is 1.99. The van der Waals surface area contributed by atoms with Crippen molar-refractivity contribution in [3.8, 4) is 0 Å². The zero-order valence-corrected chi connectivity index (χ0v) is 9.50. The molecular weight excluding hydrogens is 242 g/mol. The highest BCUT2D eigenvalue weighted by Gasteiger charge is 2.27. The van der Waals surface area contributed by atoms with Gasteiger partial charge in [-0.3, -0.25) is 4.98 Å². The Balaban J connectivity index is 1.84. The molecular formula is C10H14BrN3. The summed E-state index contributed by atoms with van der Waals surface area (Å²) in [5, 5.41) is 3.29. The van der Waals surface area contributed by atoms with Gasteiger partial charge < -0.3 is 11.1 Å². The second-order valence-corrected chi connectivity index (χ2v) is 4.69. The highest BCUT2D eigenvalue weighted by Crippen LogP contribution is 2.31. The Morgan fingerprint density at radius 1 is 1.57 bits per heavy atom. The van der Waals surface area contributed by atoms with Crippen LogP contribution in [0.2, 0.25) is 0 Å². The van der Waals surface area contributed by atoms with E-state index in [0.717, 1.165) is 22.6 Å². The van der Waals surface area contributed by atoms with E-state index >= 15 is 0 Å². The molecule has 1 heterocycles. The van der Waals surface area contributed by atoms with Gasteiger partial charge in [0, 0.05) is 23.3 Å². The maximum Gasteiger partial charge on any atom is 0.0538 e. The summed E-state index contributed by atoms with van der Waals surface area (Å²) in [5.74, 6) is 0.739. The summed E-state index contributed by atoms with van der Waals surface area (Å²) in [6, 6.07) is 2.29. The lowest BCUT2D eigenvalue weighted by Gasteiger charge is -2.12. The van der Waals surface area contributed by atoms with Crippen molar-refractivity contribution in [3.05, 3.63) is 22.9 Å². The average Bonchev–Trinajstić information content (AvgIpc) is 2.97. The fourth-order valence-corrected chi connectivity index (χ4v) is 1.80. The molecule has 2 rings (SSSR count). The van der Waals surface area contributed by atoms with Crippen LogP contribution in [-0.4, -0.2) is 17.6 Å². The molecule has 4 heteroatoms. The van der Waals surface area contributed by atoms with Crippen molar-refractivity contribution in [3.63, 3.8) is 0 Å². The summed E-state index contributed by atoms with van der Waals surface area (Å²) in [6.07, 6.45) is 6.16. The van der Waals surface area contributed by atoms with Crippen LogP contribution in [0.3, 0.4) is 0 Å². The van der Waals surface area contributed by atoms with E-state index in [2.05, 4.69) is 26.2 Å². The van der Waals surface area contributed by atoms with Crippen LogP contribution in [0.5, 0.6) is 0 Å². The number of aromatic nitrogens is 1. The summed E-state index contributed by atoms with van der Waals surface area (Å²) in [7, 11) is 0. The first-order valence-corrected chi connectivity index (χ1v) is 5.65. The first kappa shape index (κ1) is 9.93. The van der Waals surface area contributed by atoms with E-state index in [1.807, 2.05) is 12.3 Å². The molecule has 1 unspecified atom stereocenters. The van der Waals surface area contributed by atoms with Crippen LogP contribution < -0.4 is 11.1 Å². The van der Waals surface area contributed by atoms with Crippen LogP contribution >= 0.6 is 15.9 Å². The van der Waals surface area contributed by atoms with Crippen LogP contribution in [0, 0.1) is 5.92 Å². The van der Waals surface area contributed by atoms with Crippen LogP contribution in [0.4, 0.5) is 5.69 Å². The van der Waals surface area contributed by atoms with E-state index in [1.165, 1.54) is 12.8 Å². The molecule has 14 heavy (non-hydrogen) atoms. The molecule has 1 atom stereocenters. The number of halogens is 1. The minimum Gasteiger partial charge on any atom is -0.382 e. The number of rotatable bonds is 4. The van der Waals surface area contributed by atoms with Gasteiger partial charge in [-0.15, -0.1) is 0 Å². The minimum atomic E-state index is 0.286. The topological polar surface area (TPSA) is 50.9 Å². The van der Waals surface area contributed by atoms with Crippen LogP contribution in [0.25, 0.3) is 0 Å². The molecule has 1 aromatic rings. The van der Waals surface area contributed by atoms with Crippen LogP contribution in [0.1, 0.15) is 12.8 Å². The summed E-state index contributed by atoms with van der Waals surface area (Å²) >= 11 is 3.38. The number of pyridine rings is 1. The number of nitrogens with two attached hydrogens (primary N) is 1. The molecule has 0 saturated heterocycles. The molecule has 3 N–H and O–H groups in total. The zero-order chi connectivity index (χ0) is 9.97. The fraction of sp³-hybridized carbons (Fsp3) is 0.500. The van der Waals surface area contributed by atoms with Crippen molar-refractivity contribution in [2.24, 2.45) is 11.7 Å². The third-order valence-corrected chi connectivity index (χ3v) is 2.91. The summed E-state index contributed by atoms with van der Waals surface area (Å²) < 4.78 is 0.988. The Hall–Kier alpha value is -0.610. The first-order valence-electron chi connectivity index (χ1n) is 4.86. The van der Waals surface area contributed by atoms with Crippen molar-refractivity contribution >= 4 is 21.6 Å². The number of hydrogen-bond donors (Lipinski definition) is 2. The highest BCUT2D eigenvalue weighted by molar-refractivity contribution is 9.10. The largest absolute Gasteiger partial charge is 0.382 e. The van der Waals surface area contributed by atoms with Crippen molar-refractivity contribution in [2.75, 3.05) is 11.9 Å². The minimum absolute atomic E-state index is 0.286. The van der Waals surface area contributed by atoms with Gasteiger partial charge in [-0.05, 0) is 40.8 Å². The number of nitrogens with one attached hydrogen (secondary N) is 1. The van der Waals surface area contributed by atoms with E-state index in [0.29, 0.717) is 0 Å². The zero-order valence-electron chi connectivity index (χ0n) is 7.91. The average molecular weight is 256 g/mol. The van der Waals surface area contributed by atoms with Gasteiger partial charge in [-0.1, -0.05) is 0 Å². The van der Waals surface area contributed by atoms with Crippen molar-refractivity contribution in [1.29, 1.82) is 0 Å². The van der Waals surface area contributed by atoms with Crippen molar-refractivity contribution in [2.45, 2.75) is 18.9 Å². The fourth-order valence-electron chi connectivity index (χ4n) is 1.44. The van der Waals surface area contributed by atoms with Gasteiger partial charge >= 0.3 is 0 Å². The third-order valence-electron chi connectivity index (χ3n) is 2.47. The van der Waals surface area contributed by atoms with Gasteiger partial charge in [0.15, 0.2) is 0 Å². The van der Waals surface area contributed by atoms with Crippen molar-refractivity contribution in [1.82, 2.24) is 4.98 Å². The second kappa shape index (κ2) is 4.28. The molecule has 0 spiro atoms. The lowest BCUT2D eigenvalue weighted by atomic mass is 10.2. The number of nitrogens with zero attached hydrogens (tertiary/aromatic N) is 1. The first-order chi connectivity index (χ1) is 6.75. The Bertz CT molecular complexity index is 312. The lowest BCUT2D eigenvalue weighted by molar-refractivity contribution is 0.621. The lowest BCUT2D eigenvalue weighted by Crippen LogP contribution is -2.31. The summed E-state index contributed by atoms with van der Waals surface area (Å²) in [6.45, 7) is 0.836. The quantitative estimate of drug-likeness (QED) is 0.866. The second-order valence-electron chi connectivity index (χ2n) is 3.77. The Labute approximate surface area is 92.2 Å². The number of anilines is 1. The molecule has 0 bridgehead atoms. The molecule has 1 aromatic heterocycles. The van der Waals surface area contributed by atoms with E-state index in [-0.39, 0.29) is 6.04 Å². The van der Waals surface area contributed by atoms with Gasteiger partial charge in [0.25, 0.3) is 0 Å². The molecule has 0 aliphatic heterocycles. The monoisotopic (exact) mass is 255 g/mol.